The van der Waals surface area contributed by atoms with Gasteiger partial charge in [0.25, 0.3) is 0 Å². The number of hydrogen-bond acceptors (Lipinski definition) is 6. The standard InChI is InChI=1S/C13H16ClN3O2S/c1-8-6-9-10(16-12(14)17-11(9)20-8)15-7-13(18)2-4-19-5-3-13/h6,18H,2-5,7H2,1H3,(H,15,16,17). The molecule has 1 fully saturated rings. The minimum atomic E-state index is -0.743. The van der Waals surface area contributed by atoms with E-state index in [4.69, 9.17) is 16.3 Å². The number of anilines is 1. The molecule has 0 bridgehead atoms. The van der Waals surface area contributed by atoms with Crippen molar-refractivity contribution in [2.75, 3.05) is 25.1 Å². The zero-order valence-electron chi connectivity index (χ0n) is 11.1. The minimum absolute atomic E-state index is 0.223. The van der Waals surface area contributed by atoms with Crippen LogP contribution in [0.3, 0.4) is 0 Å². The number of aryl methyl sites for hydroxylation is 1. The maximum Gasteiger partial charge on any atom is 0.225 e. The van der Waals surface area contributed by atoms with Crippen LogP contribution in [-0.4, -0.2) is 40.4 Å². The zero-order chi connectivity index (χ0) is 14.2. The Hall–Kier alpha value is -0.950. The van der Waals surface area contributed by atoms with Gasteiger partial charge in [-0.3, -0.25) is 0 Å². The van der Waals surface area contributed by atoms with Gasteiger partial charge in [0.2, 0.25) is 5.28 Å². The monoisotopic (exact) mass is 313 g/mol. The SMILES string of the molecule is Cc1cc2c(NCC3(O)CCOCC3)nc(Cl)nc2s1. The molecular weight excluding hydrogens is 298 g/mol. The van der Waals surface area contributed by atoms with Gasteiger partial charge in [-0.05, 0) is 24.6 Å². The van der Waals surface area contributed by atoms with Crippen molar-refractivity contribution in [2.45, 2.75) is 25.4 Å². The second-order valence-electron chi connectivity index (χ2n) is 5.11. The zero-order valence-corrected chi connectivity index (χ0v) is 12.7. The van der Waals surface area contributed by atoms with Crippen LogP contribution in [0, 0.1) is 6.92 Å². The molecular formula is C13H16ClN3O2S. The molecule has 0 amide bonds. The summed E-state index contributed by atoms with van der Waals surface area (Å²) in [4.78, 5) is 10.5. The molecule has 0 aromatic carbocycles. The van der Waals surface area contributed by atoms with Gasteiger partial charge < -0.3 is 15.2 Å². The molecule has 5 nitrogen and oxygen atoms in total. The summed E-state index contributed by atoms with van der Waals surface area (Å²) in [5.74, 6) is 0.685. The highest BCUT2D eigenvalue weighted by Gasteiger charge is 2.29. The average molecular weight is 314 g/mol. The molecule has 0 spiro atoms. The molecule has 3 heterocycles. The van der Waals surface area contributed by atoms with Gasteiger partial charge in [0.15, 0.2) is 0 Å². The van der Waals surface area contributed by atoms with E-state index in [9.17, 15) is 5.11 Å². The first kappa shape index (κ1) is 14.0. The largest absolute Gasteiger partial charge is 0.388 e. The third-order valence-corrected chi connectivity index (χ3v) is 4.61. The van der Waals surface area contributed by atoms with Crippen LogP contribution in [0.1, 0.15) is 17.7 Å². The van der Waals surface area contributed by atoms with Crippen molar-refractivity contribution in [1.82, 2.24) is 9.97 Å². The molecule has 1 aliphatic rings. The van der Waals surface area contributed by atoms with Gasteiger partial charge in [-0.25, -0.2) is 9.97 Å². The fraction of sp³-hybridized carbons (Fsp3) is 0.538. The van der Waals surface area contributed by atoms with Crippen LogP contribution in [0.15, 0.2) is 6.07 Å². The molecule has 3 rings (SSSR count). The van der Waals surface area contributed by atoms with E-state index in [0.29, 0.717) is 38.4 Å². The average Bonchev–Trinajstić information content (AvgIpc) is 2.77. The first-order valence-electron chi connectivity index (χ1n) is 6.53. The number of thiophene rings is 1. The van der Waals surface area contributed by atoms with E-state index in [1.54, 1.807) is 11.3 Å². The molecule has 0 atom stereocenters. The normalized spacial score (nSPS) is 18.4. The van der Waals surface area contributed by atoms with Gasteiger partial charge >= 0.3 is 0 Å². The van der Waals surface area contributed by atoms with Crippen LogP contribution in [0.25, 0.3) is 10.2 Å². The first-order chi connectivity index (χ1) is 9.56. The summed E-state index contributed by atoms with van der Waals surface area (Å²) in [6.45, 7) is 3.65. The summed E-state index contributed by atoms with van der Waals surface area (Å²) in [6, 6.07) is 2.03. The second kappa shape index (κ2) is 5.44. The number of rotatable bonds is 3. The summed E-state index contributed by atoms with van der Waals surface area (Å²) in [7, 11) is 0. The number of aliphatic hydroxyl groups is 1. The van der Waals surface area contributed by atoms with E-state index in [-0.39, 0.29) is 5.28 Å². The molecule has 1 saturated heterocycles. The Bertz CT molecular complexity index is 625. The molecule has 2 N–H and O–H groups in total. The fourth-order valence-electron chi connectivity index (χ4n) is 2.33. The van der Waals surface area contributed by atoms with Gasteiger partial charge in [-0.2, -0.15) is 0 Å². The molecule has 0 aliphatic carbocycles. The number of halogens is 1. The summed E-state index contributed by atoms with van der Waals surface area (Å²) in [6.07, 6.45) is 1.26. The third-order valence-electron chi connectivity index (χ3n) is 3.50. The van der Waals surface area contributed by atoms with Crippen LogP contribution in [0.2, 0.25) is 5.28 Å². The molecule has 2 aromatic rings. The second-order valence-corrected chi connectivity index (χ2v) is 6.68. The third kappa shape index (κ3) is 2.88. The highest BCUT2D eigenvalue weighted by Crippen LogP contribution is 2.30. The van der Waals surface area contributed by atoms with Crippen molar-refractivity contribution < 1.29 is 9.84 Å². The Labute approximate surface area is 126 Å². The van der Waals surface area contributed by atoms with Crippen LogP contribution in [0.5, 0.6) is 0 Å². The first-order valence-corrected chi connectivity index (χ1v) is 7.73. The Morgan fingerprint density at radius 1 is 1.45 bits per heavy atom. The van der Waals surface area contributed by atoms with Crippen molar-refractivity contribution in [3.63, 3.8) is 0 Å². The van der Waals surface area contributed by atoms with Gasteiger partial charge in [0.05, 0.1) is 11.0 Å². The van der Waals surface area contributed by atoms with Crippen LogP contribution >= 0.6 is 22.9 Å². The maximum absolute atomic E-state index is 10.5. The van der Waals surface area contributed by atoms with Crippen LogP contribution in [-0.2, 0) is 4.74 Å². The Morgan fingerprint density at radius 3 is 2.95 bits per heavy atom. The Kier molecular flexibility index (Phi) is 3.81. The van der Waals surface area contributed by atoms with E-state index >= 15 is 0 Å². The lowest BCUT2D eigenvalue weighted by molar-refractivity contribution is -0.0543. The van der Waals surface area contributed by atoms with E-state index in [1.807, 2.05) is 13.0 Å². The maximum atomic E-state index is 10.5. The van der Waals surface area contributed by atoms with E-state index in [1.165, 1.54) is 0 Å². The predicted octanol–water partition coefficient (Wildman–Crippen LogP) is 2.61. The topological polar surface area (TPSA) is 67.3 Å². The van der Waals surface area contributed by atoms with Gasteiger partial charge in [-0.1, -0.05) is 0 Å². The van der Waals surface area contributed by atoms with E-state index in [0.717, 1.165) is 15.1 Å². The lowest BCUT2D eigenvalue weighted by atomic mass is 9.94. The van der Waals surface area contributed by atoms with Crippen molar-refractivity contribution >= 4 is 39.0 Å². The molecule has 108 valence electrons. The number of nitrogens with zero attached hydrogens (tertiary/aromatic N) is 2. The summed E-state index contributed by atoms with van der Waals surface area (Å²) >= 11 is 7.53. The Morgan fingerprint density at radius 2 is 2.20 bits per heavy atom. The highest BCUT2D eigenvalue weighted by molar-refractivity contribution is 7.18. The number of ether oxygens (including phenoxy) is 1. The van der Waals surface area contributed by atoms with Gasteiger partial charge in [0, 0.05) is 37.5 Å². The lowest BCUT2D eigenvalue weighted by Crippen LogP contribution is -2.42. The summed E-state index contributed by atoms with van der Waals surface area (Å²) < 4.78 is 5.28. The molecule has 2 aromatic heterocycles. The van der Waals surface area contributed by atoms with E-state index in [2.05, 4.69) is 15.3 Å². The smallest absolute Gasteiger partial charge is 0.225 e. The quantitative estimate of drug-likeness (QED) is 0.853. The van der Waals surface area contributed by atoms with Crippen LogP contribution < -0.4 is 5.32 Å². The number of hydrogen-bond donors (Lipinski definition) is 2. The molecule has 20 heavy (non-hydrogen) atoms. The number of fused-ring (bicyclic) bond motifs is 1. The molecule has 0 unspecified atom stereocenters. The number of nitrogens with one attached hydrogen (secondary N) is 1. The minimum Gasteiger partial charge on any atom is -0.388 e. The lowest BCUT2D eigenvalue weighted by Gasteiger charge is -2.32. The molecule has 0 saturated carbocycles. The predicted molar refractivity (Wildman–Crippen MR) is 80.7 cm³/mol. The Balaban J connectivity index is 1.83. The molecule has 7 heteroatoms. The molecule has 0 radical (unpaired) electrons. The highest BCUT2D eigenvalue weighted by atomic mass is 35.5. The van der Waals surface area contributed by atoms with Crippen LogP contribution in [0.4, 0.5) is 5.82 Å². The van der Waals surface area contributed by atoms with Crippen molar-refractivity contribution in [3.05, 3.63) is 16.2 Å². The summed E-state index contributed by atoms with van der Waals surface area (Å²) in [5, 5.41) is 14.9. The van der Waals surface area contributed by atoms with Gasteiger partial charge in [-0.15, -0.1) is 11.3 Å². The fourth-order valence-corrected chi connectivity index (χ4v) is 3.43. The van der Waals surface area contributed by atoms with Gasteiger partial charge in [0.1, 0.15) is 10.6 Å². The number of aromatic nitrogens is 2. The van der Waals surface area contributed by atoms with Crippen molar-refractivity contribution in [2.24, 2.45) is 0 Å². The summed E-state index contributed by atoms with van der Waals surface area (Å²) in [5.41, 5.74) is -0.743. The van der Waals surface area contributed by atoms with Crippen molar-refractivity contribution in [3.8, 4) is 0 Å². The van der Waals surface area contributed by atoms with E-state index < -0.39 is 5.60 Å². The van der Waals surface area contributed by atoms with Crippen molar-refractivity contribution in [1.29, 1.82) is 0 Å². The molecule has 1 aliphatic heterocycles.